The highest BCUT2D eigenvalue weighted by Gasteiger charge is 2.39. The van der Waals surface area contributed by atoms with Gasteiger partial charge in [0, 0.05) is 52.6 Å². The van der Waals surface area contributed by atoms with Crippen molar-refractivity contribution in [1.29, 1.82) is 0 Å². The van der Waals surface area contributed by atoms with Gasteiger partial charge in [0.05, 0.1) is 0 Å². The number of benzene rings is 3. The molecule has 4 amide bonds. The highest BCUT2D eigenvalue weighted by molar-refractivity contribution is 6.35. The van der Waals surface area contributed by atoms with Crippen LogP contribution in [0.25, 0.3) is 10.8 Å². The summed E-state index contributed by atoms with van der Waals surface area (Å²) in [6.07, 6.45) is 5.84. The molecule has 1 unspecified atom stereocenters. The maximum absolute atomic E-state index is 13.8. The number of amides is 4. The molecular formula is C36H40Cl2N4O6. The average Bonchev–Trinajstić information content (AvgIpc) is 3.52. The van der Waals surface area contributed by atoms with Crippen LogP contribution < -0.4 is 16.0 Å². The molecule has 1 aliphatic carbocycles. The Labute approximate surface area is 289 Å². The predicted octanol–water partition coefficient (Wildman–Crippen LogP) is 6.20. The standard InChI is InChI=1S/C36H40Cl2N4O6/c37-25-20-24(21-26(38)22-25)33(46)41-30(35(48)42-18-16-36(17-19-42)14-3-4-15-36)10-12-31(43)39-29(11-13-32(44)45)34(47)40-28-9-5-7-23-6-1-2-8-27(23)28/h1-2,5-9,20-22,29-30H,3-4,10-19H2,(H,39,43)(H,40,47)(H,41,46)(H,44,45)/t29-,30?/m0/s1. The second kappa shape index (κ2) is 15.8. The number of carbonyl (C=O) groups is 5. The summed E-state index contributed by atoms with van der Waals surface area (Å²) in [6, 6.07) is 15.1. The second-order valence-corrected chi connectivity index (χ2v) is 13.7. The Bertz CT molecular complexity index is 1660. The van der Waals surface area contributed by atoms with Crippen molar-refractivity contribution in [3.63, 3.8) is 0 Å². The Morgan fingerprint density at radius 3 is 2.12 bits per heavy atom. The molecule has 4 N–H and O–H groups in total. The predicted molar refractivity (Wildman–Crippen MR) is 185 cm³/mol. The van der Waals surface area contributed by atoms with E-state index in [-0.39, 0.29) is 52.6 Å². The lowest BCUT2D eigenvalue weighted by atomic mass is 9.77. The van der Waals surface area contributed by atoms with E-state index in [1.54, 1.807) is 17.0 Å². The summed E-state index contributed by atoms with van der Waals surface area (Å²) in [4.78, 5) is 66.9. The first-order valence-corrected chi connectivity index (χ1v) is 17.1. The number of carboxylic acid groups (broad SMARTS) is 1. The molecule has 10 nitrogen and oxygen atoms in total. The van der Waals surface area contributed by atoms with E-state index in [1.165, 1.54) is 43.9 Å². The third kappa shape index (κ3) is 9.05. The molecule has 48 heavy (non-hydrogen) atoms. The molecule has 0 aromatic heterocycles. The van der Waals surface area contributed by atoms with E-state index < -0.39 is 35.8 Å². The number of rotatable bonds is 12. The van der Waals surface area contributed by atoms with E-state index in [2.05, 4.69) is 16.0 Å². The molecule has 1 saturated heterocycles. The molecule has 12 heteroatoms. The largest absolute Gasteiger partial charge is 0.481 e. The van der Waals surface area contributed by atoms with Crippen molar-refractivity contribution in [3.05, 3.63) is 76.3 Å². The van der Waals surface area contributed by atoms with Crippen LogP contribution in [0.5, 0.6) is 0 Å². The van der Waals surface area contributed by atoms with E-state index in [0.29, 0.717) is 18.8 Å². The van der Waals surface area contributed by atoms with Crippen molar-refractivity contribution in [2.75, 3.05) is 18.4 Å². The van der Waals surface area contributed by atoms with Crippen LogP contribution in [0.15, 0.2) is 60.7 Å². The number of fused-ring (bicyclic) bond motifs is 1. The summed E-state index contributed by atoms with van der Waals surface area (Å²) in [5.74, 6) is -3.07. The summed E-state index contributed by atoms with van der Waals surface area (Å²) < 4.78 is 0. The Balaban J connectivity index is 1.27. The minimum Gasteiger partial charge on any atom is -0.481 e. The van der Waals surface area contributed by atoms with Gasteiger partial charge in [-0.15, -0.1) is 0 Å². The summed E-state index contributed by atoms with van der Waals surface area (Å²) in [7, 11) is 0. The fraction of sp³-hybridized carbons (Fsp3) is 0.417. The van der Waals surface area contributed by atoms with Gasteiger partial charge < -0.3 is 26.0 Å². The summed E-state index contributed by atoms with van der Waals surface area (Å²) in [5, 5.41) is 19.8. The van der Waals surface area contributed by atoms with Crippen LogP contribution in [0, 0.1) is 5.41 Å². The zero-order valence-electron chi connectivity index (χ0n) is 26.6. The highest BCUT2D eigenvalue weighted by atomic mass is 35.5. The first-order chi connectivity index (χ1) is 23.0. The maximum Gasteiger partial charge on any atom is 0.303 e. The molecule has 1 aliphatic heterocycles. The summed E-state index contributed by atoms with van der Waals surface area (Å²) in [6.45, 7) is 1.15. The third-order valence-electron chi connectivity index (χ3n) is 9.53. The molecule has 1 spiro atoms. The molecule has 2 fully saturated rings. The number of likely N-dealkylation sites (tertiary alicyclic amines) is 1. The Kier molecular flexibility index (Phi) is 11.6. The number of carbonyl (C=O) groups excluding carboxylic acids is 4. The van der Waals surface area contributed by atoms with Crippen molar-refractivity contribution in [3.8, 4) is 0 Å². The van der Waals surface area contributed by atoms with Gasteiger partial charge in [-0.2, -0.15) is 0 Å². The number of anilines is 1. The van der Waals surface area contributed by atoms with Crippen LogP contribution in [0.4, 0.5) is 5.69 Å². The van der Waals surface area contributed by atoms with Crippen LogP contribution in [-0.4, -0.2) is 64.8 Å². The zero-order chi connectivity index (χ0) is 34.3. The SMILES string of the molecule is O=C(O)CC[C@H](NC(=O)CCC(NC(=O)c1cc(Cl)cc(Cl)c1)C(=O)N1CCC2(CCCC2)CC1)C(=O)Nc1cccc2ccccc12. The number of piperidine rings is 1. The number of hydrogen-bond acceptors (Lipinski definition) is 5. The molecule has 3 aromatic rings. The van der Waals surface area contributed by atoms with Gasteiger partial charge in [-0.05, 0) is 73.6 Å². The lowest BCUT2D eigenvalue weighted by Crippen LogP contribution is -2.52. The van der Waals surface area contributed by atoms with Crippen molar-refractivity contribution in [2.24, 2.45) is 5.41 Å². The number of aliphatic carboxylic acids is 1. The van der Waals surface area contributed by atoms with E-state index in [0.717, 1.165) is 23.6 Å². The molecular weight excluding hydrogens is 655 g/mol. The quantitative estimate of drug-likeness (QED) is 0.178. The van der Waals surface area contributed by atoms with Gasteiger partial charge in [-0.25, -0.2) is 0 Å². The Morgan fingerprint density at radius 1 is 0.792 bits per heavy atom. The minimum atomic E-state index is -1.14. The van der Waals surface area contributed by atoms with Crippen molar-refractivity contribution < 1.29 is 29.1 Å². The monoisotopic (exact) mass is 694 g/mol. The molecule has 2 atom stereocenters. The van der Waals surface area contributed by atoms with Crippen LogP contribution >= 0.6 is 23.2 Å². The number of carboxylic acids is 1. The molecule has 5 rings (SSSR count). The number of nitrogens with one attached hydrogen (secondary N) is 3. The zero-order valence-corrected chi connectivity index (χ0v) is 28.1. The van der Waals surface area contributed by atoms with Crippen molar-refractivity contribution in [1.82, 2.24) is 15.5 Å². The van der Waals surface area contributed by atoms with Crippen LogP contribution in [-0.2, 0) is 19.2 Å². The Morgan fingerprint density at radius 2 is 1.44 bits per heavy atom. The van der Waals surface area contributed by atoms with Crippen LogP contribution in [0.2, 0.25) is 10.0 Å². The van der Waals surface area contributed by atoms with Gasteiger partial charge >= 0.3 is 5.97 Å². The number of nitrogens with zero attached hydrogens (tertiary/aromatic N) is 1. The van der Waals surface area contributed by atoms with E-state index in [9.17, 15) is 29.1 Å². The van der Waals surface area contributed by atoms with Gasteiger partial charge in [0.25, 0.3) is 5.91 Å². The molecule has 3 aromatic carbocycles. The molecule has 0 bridgehead atoms. The highest BCUT2D eigenvalue weighted by Crippen LogP contribution is 2.46. The van der Waals surface area contributed by atoms with Gasteiger partial charge in [0.1, 0.15) is 12.1 Å². The fourth-order valence-corrected chi connectivity index (χ4v) is 7.39. The van der Waals surface area contributed by atoms with E-state index in [1.807, 2.05) is 30.3 Å². The summed E-state index contributed by atoms with van der Waals surface area (Å²) in [5.41, 5.74) is 0.991. The molecule has 2 aliphatic rings. The third-order valence-corrected chi connectivity index (χ3v) is 9.97. The molecule has 1 heterocycles. The van der Waals surface area contributed by atoms with Crippen LogP contribution in [0.3, 0.4) is 0 Å². The van der Waals surface area contributed by atoms with Crippen molar-refractivity contribution in [2.45, 2.75) is 76.3 Å². The maximum atomic E-state index is 13.8. The first-order valence-electron chi connectivity index (χ1n) is 16.4. The second-order valence-electron chi connectivity index (χ2n) is 12.8. The lowest BCUT2D eigenvalue weighted by Gasteiger charge is -2.40. The molecule has 1 saturated carbocycles. The Hall–Kier alpha value is -4.15. The number of hydrogen-bond donors (Lipinski definition) is 4. The van der Waals surface area contributed by atoms with Crippen LogP contribution in [0.1, 0.15) is 74.6 Å². The van der Waals surface area contributed by atoms with E-state index in [4.69, 9.17) is 23.2 Å². The molecule has 0 radical (unpaired) electrons. The van der Waals surface area contributed by atoms with E-state index >= 15 is 0 Å². The topological polar surface area (TPSA) is 145 Å². The summed E-state index contributed by atoms with van der Waals surface area (Å²) >= 11 is 12.2. The van der Waals surface area contributed by atoms with Gasteiger partial charge in [-0.1, -0.05) is 72.4 Å². The average molecular weight is 696 g/mol. The smallest absolute Gasteiger partial charge is 0.303 e. The minimum absolute atomic E-state index is 0.0388. The van der Waals surface area contributed by atoms with Gasteiger partial charge in [0.2, 0.25) is 17.7 Å². The fourth-order valence-electron chi connectivity index (χ4n) is 6.86. The molecule has 254 valence electrons. The van der Waals surface area contributed by atoms with Gasteiger partial charge in [-0.3, -0.25) is 24.0 Å². The number of halogens is 2. The van der Waals surface area contributed by atoms with Gasteiger partial charge in [0.15, 0.2) is 0 Å². The normalized spacial score (nSPS) is 16.7. The van der Waals surface area contributed by atoms with Crippen molar-refractivity contribution >= 4 is 69.3 Å². The first kappa shape index (κ1) is 35.2. The lowest BCUT2D eigenvalue weighted by molar-refractivity contribution is -0.138.